The van der Waals surface area contributed by atoms with Gasteiger partial charge in [-0.3, -0.25) is 9.48 Å². The summed E-state index contributed by atoms with van der Waals surface area (Å²) in [7, 11) is 0. The molecule has 1 aliphatic rings. The van der Waals surface area contributed by atoms with Crippen LogP contribution < -0.4 is 5.56 Å². The van der Waals surface area contributed by atoms with Gasteiger partial charge in [0.25, 0.3) is 5.56 Å². The highest BCUT2D eigenvalue weighted by Gasteiger charge is 2.13. The number of benzene rings is 1. The highest BCUT2D eigenvalue weighted by molar-refractivity contribution is 5.29. The van der Waals surface area contributed by atoms with Crippen LogP contribution in [0.4, 0.5) is 0 Å². The van der Waals surface area contributed by atoms with Crippen molar-refractivity contribution in [2.45, 2.75) is 13.1 Å². The van der Waals surface area contributed by atoms with Gasteiger partial charge in [0.1, 0.15) is 0 Å². The monoisotopic (exact) mass is 186 g/mol. The molecule has 70 valence electrons. The molecule has 1 aliphatic heterocycles. The topological polar surface area (TPSA) is 26.9 Å². The SMILES string of the molecule is O=c1ccn2n1Cc1ccccc1C2. The Kier molecular flexibility index (Phi) is 1.42. The van der Waals surface area contributed by atoms with Crippen LogP contribution in [-0.4, -0.2) is 9.36 Å². The van der Waals surface area contributed by atoms with Crippen LogP contribution >= 0.6 is 0 Å². The Bertz CT molecular complexity index is 536. The molecule has 3 nitrogen and oxygen atoms in total. The van der Waals surface area contributed by atoms with E-state index in [2.05, 4.69) is 12.1 Å². The lowest BCUT2D eigenvalue weighted by molar-refractivity contribution is 0.472. The van der Waals surface area contributed by atoms with Crippen molar-refractivity contribution < 1.29 is 0 Å². The van der Waals surface area contributed by atoms with Crippen molar-refractivity contribution in [1.82, 2.24) is 9.36 Å². The predicted molar refractivity (Wildman–Crippen MR) is 53.3 cm³/mol. The van der Waals surface area contributed by atoms with Gasteiger partial charge < -0.3 is 0 Å². The van der Waals surface area contributed by atoms with Crippen LogP contribution in [0.15, 0.2) is 41.3 Å². The van der Waals surface area contributed by atoms with Crippen LogP contribution in [0.2, 0.25) is 0 Å². The van der Waals surface area contributed by atoms with Gasteiger partial charge in [0.15, 0.2) is 0 Å². The summed E-state index contributed by atoms with van der Waals surface area (Å²) >= 11 is 0. The Morgan fingerprint density at radius 1 is 1.00 bits per heavy atom. The molecule has 1 aromatic heterocycles. The minimum atomic E-state index is 0.0829. The smallest absolute Gasteiger partial charge is 0.266 e. The van der Waals surface area contributed by atoms with Gasteiger partial charge in [-0.25, -0.2) is 4.68 Å². The van der Waals surface area contributed by atoms with Gasteiger partial charge in [-0.05, 0) is 11.1 Å². The predicted octanol–water partition coefficient (Wildman–Crippen LogP) is 1.06. The zero-order valence-electron chi connectivity index (χ0n) is 7.68. The third kappa shape index (κ3) is 0.954. The van der Waals surface area contributed by atoms with E-state index in [0.717, 1.165) is 6.54 Å². The molecule has 3 rings (SSSR count). The summed E-state index contributed by atoms with van der Waals surface area (Å²) < 4.78 is 3.73. The minimum absolute atomic E-state index is 0.0829. The summed E-state index contributed by atoms with van der Waals surface area (Å²) in [5, 5.41) is 0. The zero-order valence-corrected chi connectivity index (χ0v) is 7.68. The molecule has 0 amide bonds. The van der Waals surface area contributed by atoms with Gasteiger partial charge in [0, 0.05) is 12.3 Å². The van der Waals surface area contributed by atoms with E-state index in [1.54, 1.807) is 10.7 Å². The molecule has 0 bridgehead atoms. The Morgan fingerprint density at radius 2 is 1.71 bits per heavy atom. The van der Waals surface area contributed by atoms with Crippen molar-refractivity contribution in [1.29, 1.82) is 0 Å². The van der Waals surface area contributed by atoms with Gasteiger partial charge in [0.2, 0.25) is 0 Å². The summed E-state index contributed by atoms with van der Waals surface area (Å²) in [5.41, 5.74) is 2.64. The molecule has 3 heteroatoms. The maximum atomic E-state index is 11.4. The number of fused-ring (bicyclic) bond motifs is 2. The van der Waals surface area contributed by atoms with Gasteiger partial charge in [-0.15, -0.1) is 0 Å². The Hall–Kier alpha value is -1.77. The molecule has 0 saturated heterocycles. The fourth-order valence-electron chi connectivity index (χ4n) is 1.95. The lowest BCUT2D eigenvalue weighted by Gasteiger charge is -2.20. The van der Waals surface area contributed by atoms with Crippen LogP contribution in [-0.2, 0) is 13.1 Å². The first-order valence-corrected chi connectivity index (χ1v) is 4.67. The van der Waals surface area contributed by atoms with Gasteiger partial charge in [-0.1, -0.05) is 24.3 Å². The second-order valence-electron chi connectivity index (χ2n) is 3.58. The van der Waals surface area contributed by atoms with E-state index in [9.17, 15) is 4.79 Å². The molecule has 0 aliphatic carbocycles. The fraction of sp³-hybridized carbons (Fsp3) is 0.182. The quantitative estimate of drug-likeness (QED) is 0.515. The van der Waals surface area contributed by atoms with Crippen LogP contribution in [0.3, 0.4) is 0 Å². The van der Waals surface area contributed by atoms with Gasteiger partial charge in [-0.2, -0.15) is 0 Å². The van der Waals surface area contributed by atoms with E-state index >= 15 is 0 Å². The van der Waals surface area contributed by atoms with Crippen LogP contribution in [0.25, 0.3) is 0 Å². The molecule has 2 aromatic rings. The summed E-state index contributed by atoms with van der Waals surface area (Å²) in [5.74, 6) is 0. The molecule has 0 spiro atoms. The molecule has 0 saturated carbocycles. The Labute approximate surface area is 81.2 Å². The first kappa shape index (κ1) is 7.62. The summed E-state index contributed by atoms with van der Waals surface area (Å²) in [4.78, 5) is 11.4. The van der Waals surface area contributed by atoms with Crippen molar-refractivity contribution in [3.63, 3.8) is 0 Å². The molecule has 0 fully saturated rings. The average Bonchev–Trinajstić information content (AvgIpc) is 2.57. The molecule has 0 atom stereocenters. The fourth-order valence-corrected chi connectivity index (χ4v) is 1.95. The standard InChI is InChI=1S/C11H10N2O/c14-11-5-6-12-7-9-3-1-2-4-10(9)8-13(11)12/h1-6H,7-8H2. The second kappa shape index (κ2) is 2.61. The van der Waals surface area contributed by atoms with Crippen molar-refractivity contribution in [2.75, 3.05) is 0 Å². The number of hydrogen-bond donors (Lipinski definition) is 0. The van der Waals surface area contributed by atoms with Crippen LogP contribution in [0, 0.1) is 0 Å². The highest BCUT2D eigenvalue weighted by Crippen LogP contribution is 2.15. The first-order chi connectivity index (χ1) is 6.84. The number of rotatable bonds is 0. The van der Waals surface area contributed by atoms with E-state index in [-0.39, 0.29) is 5.56 Å². The largest absolute Gasteiger partial charge is 0.285 e. The number of nitrogens with zero attached hydrogens (tertiary/aromatic N) is 2. The summed E-state index contributed by atoms with van der Waals surface area (Å²) in [6.45, 7) is 1.50. The van der Waals surface area contributed by atoms with E-state index in [0.29, 0.717) is 6.54 Å². The molecule has 0 radical (unpaired) electrons. The average molecular weight is 186 g/mol. The maximum absolute atomic E-state index is 11.4. The van der Waals surface area contributed by atoms with Crippen LogP contribution in [0.5, 0.6) is 0 Å². The molecule has 14 heavy (non-hydrogen) atoms. The van der Waals surface area contributed by atoms with Crippen molar-refractivity contribution in [3.05, 3.63) is 58.0 Å². The molecule has 0 unspecified atom stereocenters. The van der Waals surface area contributed by atoms with E-state index in [4.69, 9.17) is 0 Å². The van der Waals surface area contributed by atoms with Gasteiger partial charge >= 0.3 is 0 Å². The third-order valence-corrected chi connectivity index (χ3v) is 2.72. The van der Waals surface area contributed by atoms with Gasteiger partial charge in [0.05, 0.1) is 13.1 Å². The van der Waals surface area contributed by atoms with Crippen LogP contribution in [0.1, 0.15) is 11.1 Å². The maximum Gasteiger partial charge on any atom is 0.266 e. The zero-order chi connectivity index (χ0) is 9.54. The second-order valence-corrected chi connectivity index (χ2v) is 3.58. The Balaban J connectivity index is 2.19. The molecular weight excluding hydrogens is 176 g/mol. The van der Waals surface area contributed by atoms with E-state index in [1.807, 2.05) is 23.0 Å². The Morgan fingerprint density at radius 3 is 2.50 bits per heavy atom. The van der Waals surface area contributed by atoms with Crippen molar-refractivity contribution >= 4 is 0 Å². The lowest BCUT2D eigenvalue weighted by atomic mass is 10.1. The van der Waals surface area contributed by atoms with E-state index in [1.165, 1.54) is 11.1 Å². The van der Waals surface area contributed by atoms with E-state index < -0.39 is 0 Å². The molecule has 2 heterocycles. The first-order valence-electron chi connectivity index (χ1n) is 4.67. The number of aromatic nitrogens is 2. The summed E-state index contributed by atoms with van der Waals surface area (Å²) in [6, 6.07) is 9.87. The lowest BCUT2D eigenvalue weighted by Crippen LogP contribution is -2.28. The van der Waals surface area contributed by atoms with Crippen molar-refractivity contribution in [2.24, 2.45) is 0 Å². The molecule has 1 aromatic carbocycles. The normalized spacial score (nSPS) is 13.4. The van der Waals surface area contributed by atoms with Crippen molar-refractivity contribution in [3.8, 4) is 0 Å². The third-order valence-electron chi connectivity index (χ3n) is 2.72. The molecular formula is C11H10N2O. The number of hydrogen-bond acceptors (Lipinski definition) is 1. The minimum Gasteiger partial charge on any atom is -0.285 e. The highest BCUT2D eigenvalue weighted by atomic mass is 16.1. The summed E-state index contributed by atoms with van der Waals surface area (Å²) in [6.07, 6.45) is 1.85. The molecule has 0 N–H and O–H groups in total.